The van der Waals surface area contributed by atoms with Gasteiger partial charge in [-0.15, -0.1) is 0 Å². The Morgan fingerprint density at radius 1 is 1.18 bits per heavy atom. The zero-order chi connectivity index (χ0) is 26.7. The molecule has 1 atom stereocenters. The van der Waals surface area contributed by atoms with E-state index in [2.05, 4.69) is 52.6 Å². The Morgan fingerprint density at radius 3 is 2.89 bits per heavy atom. The van der Waals surface area contributed by atoms with Gasteiger partial charge in [0, 0.05) is 29.6 Å². The molecule has 4 aromatic rings. The van der Waals surface area contributed by atoms with Gasteiger partial charge >= 0.3 is 0 Å². The van der Waals surface area contributed by atoms with Crippen LogP contribution in [0.5, 0.6) is 0 Å². The van der Waals surface area contributed by atoms with Crippen LogP contribution in [-0.2, 0) is 4.79 Å². The number of anilines is 3. The molecule has 4 heterocycles. The third-order valence-electron chi connectivity index (χ3n) is 6.35. The summed E-state index contributed by atoms with van der Waals surface area (Å²) >= 11 is 2.28. The number of hydrogen-bond donors (Lipinski definition) is 2. The zero-order valence-corrected chi connectivity index (χ0v) is 23.7. The number of alkyl halides is 2. The number of pyridine rings is 1. The van der Waals surface area contributed by atoms with E-state index in [0.717, 1.165) is 22.5 Å². The minimum absolute atomic E-state index is 0.0786. The van der Waals surface area contributed by atoms with Crippen molar-refractivity contribution < 1.29 is 13.6 Å². The number of amides is 1. The topological polar surface area (TPSA) is 101 Å². The average molecular weight is 650 g/mol. The smallest absolute Gasteiger partial charge is 0.260 e. The summed E-state index contributed by atoms with van der Waals surface area (Å²) in [5.41, 5.74) is 5.11. The van der Waals surface area contributed by atoms with Crippen molar-refractivity contribution in [3.8, 4) is 11.3 Å². The summed E-state index contributed by atoms with van der Waals surface area (Å²) in [6.07, 6.45) is 6.41. The number of fused-ring (bicyclic) bond motifs is 1. The third-order valence-corrected chi connectivity index (χ3v) is 8.42. The average Bonchev–Trinajstić information content (AvgIpc) is 3.24. The number of benzene rings is 1. The molecule has 0 bridgehead atoms. The second kappa shape index (κ2) is 11.5. The molecule has 1 amide bonds. The number of carbonyl (C=O) groups excluding carboxylic acids is 1. The number of aromatic nitrogens is 5. The molecule has 198 valence electrons. The highest BCUT2D eigenvalue weighted by atomic mass is 127. The Balaban J connectivity index is 1.36. The summed E-state index contributed by atoms with van der Waals surface area (Å²) in [5, 5.41) is 6.22. The SMILES string of the molecule is Cc1ccc(NC(=O)CN2CCCCC(F)(F)C2)cc1Nc1ncccc1-c1ncnc2c1ncn2PI. The van der Waals surface area contributed by atoms with E-state index in [0.29, 0.717) is 48.5 Å². The molecule has 1 aromatic carbocycles. The number of nitrogens with one attached hydrogen (secondary N) is 2. The van der Waals surface area contributed by atoms with Gasteiger partial charge in [-0.25, -0.2) is 28.7 Å². The van der Waals surface area contributed by atoms with Gasteiger partial charge in [0.2, 0.25) is 5.91 Å². The monoisotopic (exact) mass is 650 g/mol. The van der Waals surface area contributed by atoms with Gasteiger partial charge in [0.05, 0.1) is 19.5 Å². The molecule has 0 aliphatic carbocycles. The molecule has 1 aliphatic rings. The summed E-state index contributed by atoms with van der Waals surface area (Å²) in [4.78, 5) is 32.2. The van der Waals surface area contributed by atoms with Gasteiger partial charge in [0.25, 0.3) is 5.92 Å². The fraction of sp³-hybridized carbons (Fsp3) is 0.320. The second-order valence-electron chi connectivity index (χ2n) is 9.22. The summed E-state index contributed by atoms with van der Waals surface area (Å²) in [6.45, 7) is 1.96. The lowest BCUT2D eigenvalue weighted by atomic mass is 10.1. The predicted octanol–water partition coefficient (Wildman–Crippen LogP) is 5.79. The Labute approximate surface area is 233 Å². The van der Waals surface area contributed by atoms with E-state index in [1.165, 1.54) is 11.2 Å². The van der Waals surface area contributed by atoms with Crippen LogP contribution >= 0.6 is 28.4 Å². The molecule has 1 aliphatic heterocycles. The van der Waals surface area contributed by atoms with Gasteiger partial charge in [-0.3, -0.25) is 14.0 Å². The quantitative estimate of drug-likeness (QED) is 0.193. The first-order valence-corrected chi connectivity index (χ1v) is 16.2. The normalized spacial score (nSPS) is 16.1. The van der Waals surface area contributed by atoms with Crippen LogP contribution in [0.25, 0.3) is 22.4 Å². The minimum Gasteiger partial charge on any atom is -0.339 e. The fourth-order valence-corrected chi connectivity index (χ4v) is 5.90. The molecule has 1 fully saturated rings. The van der Waals surface area contributed by atoms with E-state index < -0.39 is 12.5 Å². The van der Waals surface area contributed by atoms with Crippen molar-refractivity contribution in [2.24, 2.45) is 0 Å². The van der Waals surface area contributed by atoms with Crippen molar-refractivity contribution in [2.45, 2.75) is 32.1 Å². The van der Waals surface area contributed by atoms with E-state index in [4.69, 9.17) is 0 Å². The van der Waals surface area contributed by atoms with Gasteiger partial charge in [-0.2, -0.15) is 0 Å². The lowest BCUT2D eigenvalue weighted by molar-refractivity contribution is -0.118. The van der Waals surface area contributed by atoms with Crippen LogP contribution in [0.4, 0.5) is 26.0 Å². The molecule has 1 saturated heterocycles. The molecule has 9 nitrogen and oxygen atoms in total. The minimum atomic E-state index is -2.76. The van der Waals surface area contributed by atoms with Crippen LogP contribution in [0.15, 0.2) is 49.2 Å². The largest absolute Gasteiger partial charge is 0.339 e. The maximum absolute atomic E-state index is 14.0. The zero-order valence-electron chi connectivity index (χ0n) is 20.6. The van der Waals surface area contributed by atoms with Crippen LogP contribution < -0.4 is 10.6 Å². The maximum atomic E-state index is 14.0. The van der Waals surface area contributed by atoms with Crippen molar-refractivity contribution in [3.05, 3.63) is 54.7 Å². The third kappa shape index (κ3) is 6.08. The van der Waals surface area contributed by atoms with Gasteiger partial charge < -0.3 is 10.6 Å². The lowest BCUT2D eigenvalue weighted by Crippen LogP contribution is -2.40. The van der Waals surface area contributed by atoms with Crippen molar-refractivity contribution >= 4 is 62.7 Å². The van der Waals surface area contributed by atoms with Gasteiger partial charge in [-0.1, -0.05) is 6.07 Å². The molecular formula is C25H26F2IN8OP. The van der Waals surface area contributed by atoms with E-state index in [-0.39, 0.29) is 18.9 Å². The van der Waals surface area contributed by atoms with Gasteiger partial charge in [0.15, 0.2) is 5.65 Å². The first kappa shape index (κ1) is 26.8. The Kier molecular flexibility index (Phi) is 8.10. The fourth-order valence-electron chi connectivity index (χ4n) is 4.49. The van der Waals surface area contributed by atoms with Crippen LogP contribution in [0.1, 0.15) is 24.8 Å². The Morgan fingerprint density at radius 2 is 2.05 bits per heavy atom. The van der Waals surface area contributed by atoms with Gasteiger partial charge in [-0.05, 0) is 78.2 Å². The first-order chi connectivity index (χ1) is 18.3. The van der Waals surface area contributed by atoms with E-state index in [1.807, 2.05) is 35.5 Å². The highest BCUT2D eigenvalue weighted by molar-refractivity contribution is 14.2. The number of hydrogen-bond acceptors (Lipinski definition) is 7. The molecular weight excluding hydrogens is 624 g/mol. The number of halogens is 3. The van der Waals surface area contributed by atoms with Crippen molar-refractivity contribution in [3.63, 3.8) is 0 Å². The molecule has 0 radical (unpaired) electrons. The van der Waals surface area contributed by atoms with Crippen molar-refractivity contribution in [2.75, 3.05) is 30.3 Å². The molecule has 0 saturated carbocycles. The highest BCUT2D eigenvalue weighted by Crippen LogP contribution is 2.35. The van der Waals surface area contributed by atoms with E-state index in [1.54, 1.807) is 18.6 Å². The van der Waals surface area contributed by atoms with Crippen LogP contribution in [0.3, 0.4) is 0 Å². The Hall–Kier alpha value is -2.83. The molecule has 1 unspecified atom stereocenters. The molecule has 3 aromatic heterocycles. The maximum Gasteiger partial charge on any atom is 0.260 e. The van der Waals surface area contributed by atoms with E-state index in [9.17, 15) is 13.6 Å². The van der Waals surface area contributed by atoms with Crippen LogP contribution in [0, 0.1) is 6.92 Å². The molecule has 13 heteroatoms. The summed E-state index contributed by atoms with van der Waals surface area (Å²) in [6, 6.07) is 9.23. The number of imidazole rings is 1. The van der Waals surface area contributed by atoms with Gasteiger partial charge in [0.1, 0.15) is 29.7 Å². The summed E-state index contributed by atoms with van der Waals surface area (Å²) in [7, 11) is 0. The van der Waals surface area contributed by atoms with Crippen LogP contribution in [-0.4, -0.2) is 60.6 Å². The summed E-state index contributed by atoms with van der Waals surface area (Å²) < 4.78 is 29.9. The summed E-state index contributed by atoms with van der Waals surface area (Å²) in [5.74, 6) is -2.51. The number of aryl methyl sites for hydroxylation is 1. The number of likely N-dealkylation sites (tertiary alicyclic amines) is 1. The highest BCUT2D eigenvalue weighted by Gasteiger charge is 2.33. The number of rotatable bonds is 7. The van der Waals surface area contributed by atoms with Crippen molar-refractivity contribution in [1.82, 2.24) is 29.2 Å². The number of carbonyl (C=O) groups is 1. The molecule has 2 N–H and O–H groups in total. The predicted molar refractivity (Wildman–Crippen MR) is 155 cm³/mol. The lowest BCUT2D eigenvalue weighted by Gasteiger charge is -2.23. The standard InChI is InChI=1S/C25H26F2IN8OP/c1-16-6-7-17(33-20(37)12-35-10-3-2-8-25(26,27)13-35)11-19(16)34-23-18(5-4-9-29-23)21-22-24(31-14-30-21)36(38-28)15-32-22/h4-7,9,11,14-15,38H,2-3,8,10,12-13H2,1H3,(H,29,34)(H,33,37). The second-order valence-corrected chi connectivity index (χ2v) is 11.3. The molecule has 38 heavy (non-hydrogen) atoms. The number of nitrogens with zero attached hydrogens (tertiary/aromatic N) is 6. The first-order valence-electron chi connectivity index (χ1n) is 12.1. The van der Waals surface area contributed by atoms with Crippen LogP contribution in [0.2, 0.25) is 0 Å². The van der Waals surface area contributed by atoms with E-state index >= 15 is 0 Å². The Bertz CT molecular complexity index is 1470. The molecule has 0 spiro atoms. The molecule has 5 rings (SSSR count). The van der Waals surface area contributed by atoms with Crippen molar-refractivity contribution in [1.29, 1.82) is 0 Å².